The molecule has 0 saturated carbocycles. The molecular weight excluding hydrogens is 279 g/mol. The molecule has 0 unspecified atom stereocenters. The molecule has 2 rings (SSSR count). The van der Waals surface area contributed by atoms with Gasteiger partial charge in [0, 0.05) is 22.2 Å². The van der Waals surface area contributed by atoms with E-state index >= 15 is 0 Å². The van der Waals surface area contributed by atoms with Gasteiger partial charge in [0.15, 0.2) is 0 Å². The topological polar surface area (TPSA) is 12.0 Å². The van der Waals surface area contributed by atoms with Crippen LogP contribution in [0.4, 0.5) is 14.5 Å². The molecule has 0 aliphatic rings. The van der Waals surface area contributed by atoms with Crippen LogP contribution in [0.25, 0.3) is 0 Å². The first kappa shape index (κ1) is 13.1. The van der Waals surface area contributed by atoms with Gasteiger partial charge in [0.05, 0.1) is 5.69 Å². The summed E-state index contributed by atoms with van der Waals surface area (Å²) in [5.41, 5.74) is 0.683. The standard InChI is InChI=1S/C13H9Cl2F2N/c14-9-2-1-8(11(16)5-9)7-18-13-4-3-10(15)6-12(13)17/h1-6,18H,7H2. The Morgan fingerprint density at radius 3 is 2.11 bits per heavy atom. The van der Waals surface area contributed by atoms with Crippen LogP contribution in [-0.4, -0.2) is 0 Å². The molecular formula is C13H9Cl2F2N. The average molecular weight is 288 g/mol. The zero-order chi connectivity index (χ0) is 13.1. The monoisotopic (exact) mass is 287 g/mol. The Labute approximate surface area is 113 Å². The molecule has 0 radical (unpaired) electrons. The predicted octanol–water partition coefficient (Wildman–Crippen LogP) is 4.88. The molecule has 5 heteroatoms. The van der Waals surface area contributed by atoms with Crippen molar-refractivity contribution in [2.24, 2.45) is 0 Å². The number of halogens is 4. The largest absolute Gasteiger partial charge is 0.378 e. The number of hydrogen-bond donors (Lipinski definition) is 1. The summed E-state index contributed by atoms with van der Waals surface area (Å²) in [4.78, 5) is 0. The third-order valence-corrected chi connectivity index (χ3v) is 2.89. The van der Waals surface area contributed by atoms with Crippen molar-refractivity contribution in [1.82, 2.24) is 0 Å². The average Bonchev–Trinajstić information content (AvgIpc) is 2.30. The van der Waals surface area contributed by atoms with Gasteiger partial charge in [0.2, 0.25) is 0 Å². The van der Waals surface area contributed by atoms with Crippen molar-refractivity contribution in [2.45, 2.75) is 6.54 Å². The van der Waals surface area contributed by atoms with Gasteiger partial charge in [-0.2, -0.15) is 0 Å². The molecule has 0 heterocycles. The summed E-state index contributed by atoms with van der Waals surface area (Å²) in [5, 5.41) is 3.44. The molecule has 0 saturated heterocycles. The smallest absolute Gasteiger partial charge is 0.147 e. The summed E-state index contributed by atoms with van der Waals surface area (Å²) in [5.74, 6) is -0.902. The van der Waals surface area contributed by atoms with Gasteiger partial charge in [-0.3, -0.25) is 0 Å². The number of hydrogen-bond acceptors (Lipinski definition) is 1. The quantitative estimate of drug-likeness (QED) is 0.848. The van der Waals surface area contributed by atoms with Crippen LogP contribution in [0, 0.1) is 11.6 Å². The van der Waals surface area contributed by atoms with Crippen LogP contribution in [0.1, 0.15) is 5.56 Å². The molecule has 94 valence electrons. The lowest BCUT2D eigenvalue weighted by atomic mass is 10.2. The van der Waals surface area contributed by atoms with Crippen LogP contribution in [0.3, 0.4) is 0 Å². The van der Waals surface area contributed by atoms with Gasteiger partial charge in [-0.05, 0) is 30.3 Å². The fourth-order valence-electron chi connectivity index (χ4n) is 1.49. The molecule has 0 aliphatic heterocycles. The Kier molecular flexibility index (Phi) is 4.04. The highest BCUT2D eigenvalue weighted by molar-refractivity contribution is 6.30. The van der Waals surface area contributed by atoms with Crippen molar-refractivity contribution in [3.05, 3.63) is 63.6 Å². The second-order valence-electron chi connectivity index (χ2n) is 3.71. The fourth-order valence-corrected chi connectivity index (χ4v) is 1.81. The first-order valence-electron chi connectivity index (χ1n) is 5.19. The summed E-state index contributed by atoms with van der Waals surface area (Å²) in [6, 6.07) is 8.62. The van der Waals surface area contributed by atoms with Gasteiger partial charge in [0.25, 0.3) is 0 Å². The lowest BCUT2D eigenvalue weighted by Gasteiger charge is -2.08. The van der Waals surface area contributed by atoms with Gasteiger partial charge in [-0.15, -0.1) is 0 Å². The molecule has 1 N–H and O–H groups in total. The minimum absolute atomic E-state index is 0.168. The van der Waals surface area contributed by atoms with Gasteiger partial charge < -0.3 is 5.32 Å². The Hall–Kier alpha value is -1.32. The molecule has 0 aromatic heterocycles. The predicted molar refractivity (Wildman–Crippen MR) is 70.1 cm³/mol. The van der Waals surface area contributed by atoms with E-state index in [1.165, 1.54) is 18.2 Å². The van der Waals surface area contributed by atoms with Gasteiger partial charge in [-0.25, -0.2) is 8.78 Å². The SMILES string of the molecule is Fc1cc(Cl)ccc1CNc1ccc(Cl)cc1F. The van der Waals surface area contributed by atoms with Gasteiger partial charge in [-0.1, -0.05) is 29.3 Å². The molecule has 0 amide bonds. The van der Waals surface area contributed by atoms with E-state index in [9.17, 15) is 8.78 Å². The highest BCUT2D eigenvalue weighted by Crippen LogP contribution is 2.21. The van der Waals surface area contributed by atoms with Crippen molar-refractivity contribution in [3.8, 4) is 0 Å². The first-order valence-corrected chi connectivity index (χ1v) is 5.95. The van der Waals surface area contributed by atoms with E-state index in [-0.39, 0.29) is 12.2 Å². The first-order chi connectivity index (χ1) is 8.56. The van der Waals surface area contributed by atoms with E-state index in [4.69, 9.17) is 23.2 Å². The zero-order valence-corrected chi connectivity index (χ0v) is 10.7. The second-order valence-corrected chi connectivity index (χ2v) is 4.59. The van der Waals surface area contributed by atoms with Crippen molar-refractivity contribution < 1.29 is 8.78 Å². The van der Waals surface area contributed by atoms with Crippen LogP contribution in [-0.2, 0) is 6.54 Å². The lowest BCUT2D eigenvalue weighted by Crippen LogP contribution is -2.03. The Bertz CT molecular complexity index is 521. The van der Waals surface area contributed by atoms with Gasteiger partial charge >= 0.3 is 0 Å². The normalized spacial score (nSPS) is 10.4. The van der Waals surface area contributed by atoms with Crippen LogP contribution < -0.4 is 5.32 Å². The molecule has 0 fully saturated rings. The van der Waals surface area contributed by atoms with Crippen LogP contribution in [0.5, 0.6) is 0 Å². The summed E-state index contributed by atoms with van der Waals surface area (Å²) >= 11 is 11.3. The van der Waals surface area contributed by atoms with E-state index in [2.05, 4.69) is 5.32 Å². The van der Waals surface area contributed by atoms with Crippen LogP contribution in [0.15, 0.2) is 36.4 Å². The lowest BCUT2D eigenvalue weighted by molar-refractivity contribution is 0.610. The minimum atomic E-state index is -0.475. The molecule has 0 spiro atoms. The molecule has 0 atom stereocenters. The number of anilines is 1. The van der Waals surface area contributed by atoms with E-state index < -0.39 is 11.6 Å². The van der Waals surface area contributed by atoms with Gasteiger partial charge in [0.1, 0.15) is 11.6 Å². The summed E-state index contributed by atoms with van der Waals surface area (Å²) < 4.78 is 26.9. The highest BCUT2D eigenvalue weighted by atomic mass is 35.5. The molecule has 1 nitrogen and oxygen atoms in total. The third kappa shape index (κ3) is 3.12. The maximum atomic E-state index is 13.5. The minimum Gasteiger partial charge on any atom is -0.378 e. The van der Waals surface area contributed by atoms with E-state index in [1.54, 1.807) is 18.2 Å². The Morgan fingerprint density at radius 2 is 1.50 bits per heavy atom. The van der Waals surface area contributed by atoms with Crippen LogP contribution >= 0.6 is 23.2 Å². The number of nitrogens with one attached hydrogen (secondary N) is 1. The molecule has 0 aliphatic carbocycles. The van der Waals surface area contributed by atoms with E-state index in [0.29, 0.717) is 15.6 Å². The van der Waals surface area contributed by atoms with Crippen LogP contribution in [0.2, 0.25) is 10.0 Å². The molecule has 2 aromatic rings. The summed E-state index contributed by atoms with van der Waals surface area (Å²) in [7, 11) is 0. The maximum absolute atomic E-state index is 13.5. The Morgan fingerprint density at radius 1 is 0.889 bits per heavy atom. The van der Waals surface area contributed by atoms with Crippen molar-refractivity contribution in [3.63, 3.8) is 0 Å². The summed E-state index contributed by atoms with van der Waals surface area (Å²) in [6.45, 7) is 0.168. The molecule has 0 bridgehead atoms. The van der Waals surface area contributed by atoms with E-state index in [1.807, 2.05) is 0 Å². The van der Waals surface area contributed by atoms with Crippen molar-refractivity contribution in [1.29, 1.82) is 0 Å². The van der Waals surface area contributed by atoms with Crippen molar-refractivity contribution in [2.75, 3.05) is 5.32 Å². The third-order valence-electron chi connectivity index (χ3n) is 2.42. The summed E-state index contributed by atoms with van der Waals surface area (Å²) in [6.07, 6.45) is 0. The fraction of sp³-hybridized carbons (Fsp3) is 0.0769. The number of benzene rings is 2. The number of rotatable bonds is 3. The zero-order valence-electron chi connectivity index (χ0n) is 9.18. The highest BCUT2D eigenvalue weighted by Gasteiger charge is 2.05. The molecule has 18 heavy (non-hydrogen) atoms. The molecule has 2 aromatic carbocycles. The van der Waals surface area contributed by atoms with Crippen molar-refractivity contribution >= 4 is 28.9 Å². The second kappa shape index (κ2) is 5.55. The Balaban J connectivity index is 2.11. The van der Waals surface area contributed by atoms with E-state index in [0.717, 1.165) is 0 Å². The maximum Gasteiger partial charge on any atom is 0.147 e.